The second kappa shape index (κ2) is 5.61. The standard InChI is InChI=1S/C12H14O2S/c1-9(8-12(13)14-2)10-4-6-11(15-3)7-5-10/h4-8H,1-3H3/b9-8-. The quantitative estimate of drug-likeness (QED) is 0.447. The first-order chi connectivity index (χ1) is 7.17. The van der Waals surface area contributed by atoms with Gasteiger partial charge in [0.05, 0.1) is 7.11 Å². The summed E-state index contributed by atoms with van der Waals surface area (Å²) < 4.78 is 4.57. The van der Waals surface area contributed by atoms with E-state index in [4.69, 9.17) is 0 Å². The Kier molecular flexibility index (Phi) is 4.43. The minimum Gasteiger partial charge on any atom is -0.466 e. The van der Waals surface area contributed by atoms with Crippen molar-refractivity contribution < 1.29 is 9.53 Å². The lowest BCUT2D eigenvalue weighted by atomic mass is 10.1. The second-order valence-corrected chi connectivity index (χ2v) is 3.96. The Morgan fingerprint density at radius 3 is 2.40 bits per heavy atom. The number of ether oxygens (including phenoxy) is 1. The number of allylic oxidation sites excluding steroid dienone is 1. The van der Waals surface area contributed by atoms with Crippen LogP contribution in [-0.2, 0) is 9.53 Å². The van der Waals surface area contributed by atoms with Gasteiger partial charge in [0.25, 0.3) is 0 Å². The van der Waals surface area contributed by atoms with Crippen LogP contribution in [0, 0.1) is 0 Å². The lowest BCUT2D eigenvalue weighted by molar-refractivity contribution is -0.134. The van der Waals surface area contributed by atoms with Gasteiger partial charge in [0.2, 0.25) is 0 Å². The van der Waals surface area contributed by atoms with Crippen LogP contribution in [-0.4, -0.2) is 19.3 Å². The Morgan fingerprint density at radius 2 is 1.93 bits per heavy atom. The molecule has 1 aromatic carbocycles. The molecule has 0 fully saturated rings. The predicted molar refractivity (Wildman–Crippen MR) is 63.9 cm³/mol. The second-order valence-electron chi connectivity index (χ2n) is 3.08. The third kappa shape index (κ3) is 3.44. The topological polar surface area (TPSA) is 26.3 Å². The summed E-state index contributed by atoms with van der Waals surface area (Å²) in [6.45, 7) is 1.89. The summed E-state index contributed by atoms with van der Waals surface area (Å²) >= 11 is 1.70. The van der Waals surface area contributed by atoms with Crippen LogP contribution in [0.2, 0.25) is 0 Å². The Labute approximate surface area is 94.3 Å². The highest BCUT2D eigenvalue weighted by molar-refractivity contribution is 7.98. The predicted octanol–water partition coefficient (Wildman–Crippen LogP) is 2.98. The molecule has 0 aliphatic rings. The number of carbonyl (C=O) groups excluding carboxylic acids is 1. The molecular weight excluding hydrogens is 208 g/mol. The van der Waals surface area contributed by atoms with Crippen LogP contribution in [0.15, 0.2) is 35.2 Å². The molecular formula is C12H14O2S. The molecule has 1 aromatic rings. The SMILES string of the molecule is COC(=O)/C=C(/C)c1ccc(SC)cc1. The highest BCUT2D eigenvalue weighted by Gasteiger charge is 1.99. The van der Waals surface area contributed by atoms with Crippen LogP contribution in [0.1, 0.15) is 12.5 Å². The van der Waals surface area contributed by atoms with E-state index in [1.54, 1.807) is 11.8 Å². The molecule has 0 saturated carbocycles. The minimum absolute atomic E-state index is 0.318. The first-order valence-electron chi connectivity index (χ1n) is 4.58. The molecule has 3 heteroatoms. The highest BCUT2D eigenvalue weighted by atomic mass is 32.2. The Balaban J connectivity index is 2.87. The van der Waals surface area contributed by atoms with Crippen molar-refractivity contribution in [2.24, 2.45) is 0 Å². The zero-order valence-electron chi connectivity index (χ0n) is 9.11. The first-order valence-corrected chi connectivity index (χ1v) is 5.80. The number of carbonyl (C=O) groups is 1. The van der Waals surface area contributed by atoms with Gasteiger partial charge in [-0.25, -0.2) is 4.79 Å². The number of methoxy groups -OCH3 is 1. The summed E-state index contributed by atoms with van der Waals surface area (Å²) in [4.78, 5) is 12.2. The van der Waals surface area contributed by atoms with Crippen molar-refractivity contribution in [3.05, 3.63) is 35.9 Å². The molecule has 15 heavy (non-hydrogen) atoms. The monoisotopic (exact) mass is 222 g/mol. The molecule has 0 aromatic heterocycles. The van der Waals surface area contributed by atoms with Gasteiger partial charge in [-0.05, 0) is 36.4 Å². The molecule has 1 rings (SSSR count). The molecule has 0 atom stereocenters. The molecule has 0 amide bonds. The zero-order chi connectivity index (χ0) is 11.3. The molecule has 0 heterocycles. The molecule has 0 aliphatic heterocycles. The highest BCUT2D eigenvalue weighted by Crippen LogP contribution is 2.19. The maximum atomic E-state index is 11.0. The van der Waals surface area contributed by atoms with Crippen molar-refractivity contribution in [3.63, 3.8) is 0 Å². The number of hydrogen-bond donors (Lipinski definition) is 0. The maximum Gasteiger partial charge on any atom is 0.330 e. The summed E-state index contributed by atoms with van der Waals surface area (Å²) in [6, 6.07) is 8.07. The molecule has 2 nitrogen and oxygen atoms in total. The fourth-order valence-electron chi connectivity index (χ4n) is 1.17. The molecule has 0 spiro atoms. The van der Waals surface area contributed by atoms with Crippen molar-refractivity contribution in [3.8, 4) is 0 Å². The van der Waals surface area contributed by atoms with Gasteiger partial charge in [0.15, 0.2) is 0 Å². The number of rotatable bonds is 3. The molecule has 0 bridgehead atoms. The van der Waals surface area contributed by atoms with Crippen molar-refractivity contribution in [1.82, 2.24) is 0 Å². The third-order valence-electron chi connectivity index (χ3n) is 2.08. The molecule has 0 saturated heterocycles. The van der Waals surface area contributed by atoms with E-state index < -0.39 is 0 Å². The van der Waals surface area contributed by atoms with E-state index in [1.165, 1.54) is 18.1 Å². The van der Waals surface area contributed by atoms with Gasteiger partial charge in [0.1, 0.15) is 0 Å². The first kappa shape index (κ1) is 11.9. The molecule has 80 valence electrons. The van der Waals surface area contributed by atoms with Crippen LogP contribution >= 0.6 is 11.8 Å². The minimum atomic E-state index is -0.318. The van der Waals surface area contributed by atoms with Gasteiger partial charge >= 0.3 is 5.97 Å². The summed E-state index contributed by atoms with van der Waals surface area (Å²) in [6.07, 6.45) is 3.53. The zero-order valence-corrected chi connectivity index (χ0v) is 9.93. The fraction of sp³-hybridized carbons (Fsp3) is 0.250. The molecule has 0 N–H and O–H groups in total. The Morgan fingerprint density at radius 1 is 1.33 bits per heavy atom. The summed E-state index contributed by atoms with van der Waals surface area (Å²) in [5.74, 6) is -0.318. The Bertz CT molecular complexity index is 366. The maximum absolute atomic E-state index is 11.0. The number of esters is 1. The lowest BCUT2D eigenvalue weighted by Crippen LogP contribution is -1.95. The normalized spacial score (nSPS) is 11.3. The van der Waals surface area contributed by atoms with Gasteiger partial charge in [0, 0.05) is 11.0 Å². The van der Waals surface area contributed by atoms with Crippen molar-refractivity contribution >= 4 is 23.3 Å². The van der Waals surface area contributed by atoms with E-state index in [1.807, 2.05) is 37.4 Å². The molecule has 0 aliphatic carbocycles. The smallest absolute Gasteiger partial charge is 0.330 e. The number of benzene rings is 1. The average Bonchev–Trinajstić information content (AvgIpc) is 2.29. The van der Waals surface area contributed by atoms with Gasteiger partial charge in [-0.15, -0.1) is 11.8 Å². The van der Waals surface area contributed by atoms with Crippen LogP contribution in [0.4, 0.5) is 0 Å². The summed E-state index contributed by atoms with van der Waals surface area (Å²) in [5.41, 5.74) is 1.95. The van der Waals surface area contributed by atoms with Crippen molar-refractivity contribution in [1.29, 1.82) is 0 Å². The molecule has 0 radical (unpaired) electrons. The number of thioether (sulfide) groups is 1. The van der Waals surface area contributed by atoms with Gasteiger partial charge in [-0.1, -0.05) is 12.1 Å². The summed E-state index contributed by atoms with van der Waals surface area (Å²) in [7, 11) is 1.38. The third-order valence-corrected chi connectivity index (χ3v) is 2.82. The van der Waals surface area contributed by atoms with E-state index >= 15 is 0 Å². The largest absolute Gasteiger partial charge is 0.466 e. The van der Waals surface area contributed by atoms with E-state index in [9.17, 15) is 4.79 Å². The van der Waals surface area contributed by atoms with E-state index in [-0.39, 0.29) is 5.97 Å². The van der Waals surface area contributed by atoms with E-state index in [0.29, 0.717) is 0 Å². The van der Waals surface area contributed by atoms with Crippen LogP contribution in [0.5, 0.6) is 0 Å². The van der Waals surface area contributed by atoms with Crippen molar-refractivity contribution in [2.75, 3.05) is 13.4 Å². The fourth-order valence-corrected chi connectivity index (χ4v) is 1.58. The van der Waals surface area contributed by atoms with E-state index in [0.717, 1.165) is 11.1 Å². The van der Waals surface area contributed by atoms with E-state index in [2.05, 4.69) is 4.74 Å². The van der Waals surface area contributed by atoms with Gasteiger partial charge in [-0.2, -0.15) is 0 Å². The lowest BCUT2D eigenvalue weighted by Gasteiger charge is -2.02. The van der Waals surface area contributed by atoms with Crippen molar-refractivity contribution in [2.45, 2.75) is 11.8 Å². The summed E-state index contributed by atoms with van der Waals surface area (Å²) in [5, 5.41) is 0. The van der Waals surface area contributed by atoms with Crippen LogP contribution in [0.25, 0.3) is 5.57 Å². The van der Waals surface area contributed by atoms with Gasteiger partial charge in [-0.3, -0.25) is 0 Å². The molecule has 0 unspecified atom stereocenters. The number of hydrogen-bond acceptors (Lipinski definition) is 3. The average molecular weight is 222 g/mol. The van der Waals surface area contributed by atoms with Crippen LogP contribution in [0.3, 0.4) is 0 Å². The van der Waals surface area contributed by atoms with Crippen LogP contribution < -0.4 is 0 Å². The van der Waals surface area contributed by atoms with Gasteiger partial charge < -0.3 is 4.74 Å². The Hall–Kier alpha value is -1.22.